The minimum Gasteiger partial charge on any atom is -0.434 e. The molecule has 0 saturated heterocycles. The third-order valence-electron chi connectivity index (χ3n) is 1.66. The molecular formula is C11H11NO3. The summed E-state index contributed by atoms with van der Waals surface area (Å²) in [5.41, 5.74) is 1.14. The largest absolute Gasteiger partial charge is 0.513 e. The first-order valence-corrected chi connectivity index (χ1v) is 4.45. The number of terminal acetylenes is 1. The average molecular weight is 205 g/mol. The van der Waals surface area contributed by atoms with Crippen molar-refractivity contribution in [2.24, 2.45) is 0 Å². The minimum atomic E-state index is -0.753. The number of carbonyl (C=O) groups is 1. The zero-order chi connectivity index (χ0) is 11.3. The van der Waals surface area contributed by atoms with Gasteiger partial charge in [-0.1, -0.05) is 5.92 Å². The van der Waals surface area contributed by atoms with E-state index in [1.165, 1.54) is 6.20 Å². The van der Waals surface area contributed by atoms with Gasteiger partial charge in [0.1, 0.15) is 0 Å². The second-order valence-electron chi connectivity index (χ2n) is 2.74. The predicted molar refractivity (Wildman–Crippen MR) is 54.6 cm³/mol. The Hall–Kier alpha value is -2.02. The fourth-order valence-electron chi connectivity index (χ4n) is 0.932. The predicted octanol–water partition coefficient (Wildman–Crippen LogP) is 1.91. The normalized spacial score (nSPS) is 9.13. The number of aryl methyl sites for hydroxylation is 1. The molecule has 0 bridgehead atoms. The Labute approximate surface area is 88.2 Å². The van der Waals surface area contributed by atoms with Crippen LogP contribution in [0.3, 0.4) is 0 Å². The number of rotatable bonds is 2. The lowest BCUT2D eigenvalue weighted by Gasteiger charge is -2.06. The van der Waals surface area contributed by atoms with E-state index < -0.39 is 6.16 Å². The van der Waals surface area contributed by atoms with Crippen LogP contribution in [0.2, 0.25) is 0 Å². The highest BCUT2D eigenvalue weighted by Gasteiger charge is 2.08. The maximum Gasteiger partial charge on any atom is 0.513 e. The molecule has 0 aliphatic carbocycles. The second kappa shape index (κ2) is 5.01. The molecule has 0 fully saturated rings. The fourth-order valence-corrected chi connectivity index (χ4v) is 0.932. The van der Waals surface area contributed by atoms with Gasteiger partial charge < -0.3 is 9.47 Å². The lowest BCUT2D eigenvalue weighted by atomic mass is 10.2. The molecule has 78 valence electrons. The van der Waals surface area contributed by atoms with Crippen LogP contribution in [0.5, 0.6) is 5.75 Å². The van der Waals surface area contributed by atoms with E-state index in [4.69, 9.17) is 11.2 Å². The first kappa shape index (κ1) is 11.1. The maximum atomic E-state index is 11.0. The Morgan fingerprint density at radius 1 is 1.67 bits per heavy atom. The van der Waals surface area contributed by atoms with Gasteiger partial charge in [-0.05, 0) is 13.8 Å². The van der Waals surface area contributed by atoms with Crippen LogP contribution in [0.25, 0.3) is 0 Å². The Bertz CT molecular complexity index is 407. The highest BCUT2D eigenvalue weighted by Crippen LogP contribution is 2.16. The van der Waals surface area contributed by atoms with Gasteiger partial charge in [0, 0.05) is 17.8 Å². The zero-order valence-corrected chi connectivity index (χ0v) is 8.61. The van der Waals surface area contributed by atoms with E-state index in [0.717, 1.165) is 0 Å². The number of pyridine rings is 1. The van der Waals surface area contributed by atoms with E-state index in [1.807, 2.05) is 0 Å². The molecule has 1 rings (SSSR count). The van der Waals surface area contributed by atoms with E-state index in [2.05, 4.69) is 15.6 Å². The van der Waals surface area contributed by atoms with Crippen LogP contribution in [0.1, 0.15) is 18.2 Å². The van der Waals surface area contributed by atoms with Gasteiger partial charge in [-0.2, -0.15) is 0 Å². The van der Waals surface area contributed by atoms with Crippen molar-refractivity contribution in [3.05, 3.63) is 23.5 Å². The van der Waals surface area contributed by atoms with Crippen molar-refractivity contribution in [2.75, 3.05) is 6.61 Å². The van der Waals surface area contributed by atoms with Gasteiger partial charge in [-0.3, -0.25) is 4.98 Å². The summed E-state index contributed by atoms with van der Waals surface area (Å²) in [7, 11) is 0. The summed E-state index contributed by atoms with van der Waals surface area (Å²) in [6.07, 6.45) is 5.98. The first-order chi connectivity index (χ1) is 7.17. The molecule has 0 aliphatic rings. The quantitative estimate of drug-likeness (QED) is 0.546. The lowest BCUT2D eigenvalue weighted by molar-refractivity contribution is 0.104. The molecule has 0 aliphatic heterocycles. The SMILES string of the molecule is C#Cc1cnc(C)c(OC(=O)OCC)c1. The second-order valence-corrected chi connectivity index (χ2v) is 2.74. The summed E-state index contributed by atoms with van der Waals surface area (Å²) in [6, 6.07) is 1.57. The van der Waals surface area contributed by atoms with Crippen LogP contribution in [-0.4, -0.2) is 17.7 Å². The summed E-state index contributed by atoms with van der Waals surface area (Å²) in [6.45, 7) is 3.68. The number of carbonyl (C=O) groups excluding carboxylic acids is 1. The summed E-state index contributed by atoms with van der Waals surface area (Å²) in [5, 5.41) is 0. The molecule has 1 aromatic rings. The highest BCUT2D eigenvalue weighted by atomic mass is 16.7. The Morgan fingerprint density at radius 2 is 2.40 bits per heavy atom. The molecule has 4 heteroatoms. The molecule has 0 spiro atoms. The molecule has 1 aromatic heterocycles. The van der Waals surface area contributed by atoms with Gasteiger partial charge in [-0.25, -0.2) is 4.79 Å². The van der Waals surface area contributed by atoms with Crippen molar-refractivity contribution in [3.63, 3.8) is 0 Å². The average Bonchev–Trinajstić information content (AvgIpc) is 2.21. The number of ether oxygens (including phenoxy) is 2. The smallest absolute Gasteiger partial charge is 0.434 e. The van der Waals surface area contributed by atoms with Crippen molar-refractivity contribution < 1.29 is 14.3 Å². The Balaban J connectivity index is 2.85. The van der Waals surface area contributed by atoms with Crippen molar-refractivity contribution in [1.82, 2.24) is 4.98 Å². The molecule has 0 saturated carbocycles. The topological polar surface area (TPSA) is 48.4 Å². The highest BCUT2D eigenvalue weighted by molar-refractivity contribution is 5.64. The molecule has 0 radical (unpaired) electrons. The number of hydrogen-bond acceptors (Lipinski definition) is 4. The van der Waals surface area contributed by atoms with Gasteiger partial charge in [0.25, 0.3) is 0 Å². The van der Waals surface area contributed by atoms with Crippen LogP contribution < -0.4 is 4.74 Å². The first-order valence-electron chi connectivity index (χ1n) is 4.45. The van der Waals surface area contributed by atoms with Crippen molar-refractivity contribution in [2.45, 2.75) is 13.8 Å². The fraction of sp³-hybridized carbons (Fsp3) is 0.273. The van der Waals surface area contributed by atoms with Crippen LogP contribution in [0.15, 0.2) is 12.3 Å². The lowest BCUT2D eigenvalue weighted by Crippen LogP contribution is -2.11. The van der Waals surface area contributed by atoms with E-state index in [1.54, 1.807) is 19.9 Å². The maximum absolute atomic E-state index is 11.0. The van der Waals surface area contributed by atoms with Crippen LogP contribution in [-0.2, 0) is 4.74 Å². The molecule has 0 aromatic carbocycles. The molecule has 4 nitrogen and oxygen atoms in total. The molecule has 0 atom stereocenters. The molecule has 0 amide bonds. The Kier molecular flexibility index (Phi) is 3.69. The number of nitrogens with zero attached hydrogens (tertiary/aromatic N) is 1. The minimum absolute atomic E-state index is 0.264. The zero-order valence-electron chi connectivity index (χ0n) is 8.61. The van der Waals surface area contributed by atoms with Crippen LogP contribution >= 0.6 is 0 Å². The van der Waals surface area contributed by atoms with Gasteiger partial charge in [0.05, 0.1) is 12.3 Å². The summed E-state index contributed by atoms with van der Waals surface area (Å²) < 4.78 is 9.54. The summed E-state index contributed by atoms with van der Waals surface area (Å²) in [4.78, 5) is 15.0. The van der Waals surface area contributed by atoms with Crippen LogP contribution in [0, 0.1) is 19.3 Å². The molecular weight excluding hydrogens is 194 g/mol. The third kappa shape index (κ3) is 2.99. The molecule has 1 heterocycles. The van der Waals surface area contributed by atoms with E-state index in [9.17, 15) is 4.79 Å². The van der Waals surface area contributed by atoms with Gasteiger partial charge >= 0.3 is 6.16 Å². The third-order valence-corrected chi connectivity index (χ3v) is 1.66. The monoisotopic (exact) mass is 205 g/mol. The molecule has 0 unspecified atom stereocenters. The molecule has 0 N–H and O–H groups in total. The Morgan fingerprint density at radius 3 is 3.00 bits per heavy atom. The van der Waals surface area contributed by atoms with Crippen molar-refractivity contribution >= 4 is 6.16 Å². The van der Waals surface area contributed by atoms with Gasteiger partial charge in [0.2, 0.25) is 0 Å². The summed E-state index contributed by atoms with van der Waals surface area (Å²) >= 11 is 0. The summed E-state index contributed by atoms with van der Waals surface area (Å²) in [5.74, 6) is 2.73. The van der Waals surface area contributed by atoms with Gasteiger partial charge in [-0.15, -0.1) is 6.42 Å². The van der Waals surface area contributed by atoms with E-state index >= 15 is 0 Å². The van der Waals surface area contributed by atoms with Crippen LogP contribution in [0.4, 0.5) is 4.79 Å². The van der Waals surface area contributed by atoms with E-state index in [-0.39, 0.29) is 6.61 Å². The van der Waals surface area contributed by atoms with E-state index in [0.29, 0.717) is 17.0 Å². The van der Waals surface area contributed by atoms with Gasteiger partial charge in [0.15, 0.2) is 5.75 Å². The van der Waals surface area contributed by atoms with Crippen molar-refractivity contribution in [1.29, 1.82) is 0 Å². The number of hydrogen-bond donors (Lipinski definition) is 0. The van der Waals surface area contributed by atoms with Crippen molar-refractivity contribution in [3.8, 4) is 18.1 Å². The number of aromatic nitrogens is 1. The molecule has 15 heavy (non-hydrogen) atoms. The standard InChI is InChI=1S/C11H11NO3/c1-4-9-6-10(8(3)12-7-9)15-11(13)14-5-2/h1,6-7H,5H2,2-3H3.